The number of hydrogen-bond donors (Lipinski definition) is 1. The van der Waals surface area contributed by atoms with Crippen LogP contribution in [0.1, 0.15) is 5.56 Å². The Morgan fingerprint density at radius 3 is 2.41 bits per heavy atom. The largest absolute Gasteiger partial charge is 0.493 e. The lowest BCUT2D eigenvalue weighted by Crippen LogP contribution is -2.01. The zero-order chi connectivity index (χ0) is 15.4. The third kappa shape index (κ3) is 2.84. The molecular weight excluding hydrogens is 274 g/mol. The molecule has 0 saturated heterocycles. The summed E-state index contributed by atoms with van der Waals surface area (Å²) < 4.78 is 10.6. The van der Waals surface area contributed by atoms with E-state index in [1.54, 1.807) is 14.2 Å². The maximum Gasteiger partial charge on any atom is 0.162 e. The number of ether oxygens (including phenoxy) is 2. The molecule has 22 heavy (non-hydrogen) atoms. The molecule has 3 rings (SSSR count). The molecule has 3 nitrogen and oxygen atoms in total. The Hall–Kier alpha value is -2.68. The van der Waals surface area contributed by atoms with Crippen molar-refractivity contribution in [3.05, 3.63) is 66.2 Å². The van der Waals surface area contributed by atoms with Gasteiger partial charge in [-0.1, -0.05) is 42.5 Å². The minimum absolute atomic E-state index is 0.727. The molecule has 0 fully saturated rings. The van der Waals surface area contributed by atoms with E-state index in [9.17, 15) is 0 Å². The van der Waals surface area contributed by atoms with Gasteiger partial charge in [-0.15, -0.1) is 0 Å². The summed E-state index contributed by atoms with van der Waals surface area (Å²) in [5.41, 5.74) is 2.28. The number of fused-ring (bicyclic) bond motifs is 1. The van der Waals surface area contributed by atoms with E-state index in [0.717, 1.165) is 23.7 Å². The quantitative estimate of drug-likeness (QED) is 0.753. The highest BCUT2D eigenvalue weighted by atomic mass is 16.5. The lowest BCUT2D eigenvalue weighted by molar-refractivity contribution is 0.355. The van der Waals surface area contributed by atoms with Gasteiger partial charge in [0.1, 0.15) is 0 Å². The highest BCUT2D eigenvalue weighted by molar-refractivity contribution is 5.85. The van der Waals surface area contributed by atoms with E-state index in [1.165, 1.54) is 16.3 Å². The highest BCUT2D eigenvalue weighted by Gasteiger charge is 2.05. The molecule has 0 aliphatic carbocycles. The Morgan fingerprint density at radius 2 is 1.59 bits per heavy atom. The topological polar surface area (TPSA) is 30.5 Å². The molecule has 3 heteroatoms. The van der Waals surface area contributed by atoms with Crippen LogP contribution < -0.4 is 14.8 Å². The molecule has 0 aliphatic heterocycles. The van der Waals surface area contributed by atoms with Crippen LogP contribution in [0.5, 0.6) is 11.5 Å². The van der Waals surface area contributed by atoms with Gasteiger partial charge in [0.2, 0.25) is 0 Å². The smallest absolute Gasteiger partial charge is 0.162 e. The van der Waals surface area contributed by atoms with E-state index >= 15 is 0 Å². The molecular formula is C19H19NO2. The van der Waals surface area contributed by atoms with Gasteiger partial charge in [0, 0.05) is 18.3 Å². The molecule has 0 spiro atoms. The van der Waals surface area contributed by atoms with Gasteiger partial charge in [-0.3, -0.25) is 0 Å². The molecule has 112 valence electrons. The second kappa shape index (κ2) is 6.39. The number of hydrogen-bond acceptors (Lipinski definition) is 3. The lowest BCUT2D eigenvalue weighted by Gasteiger charge is -2.12. The van der Waals surface area contributed by atoms with Gasteiger partial charge in [-0.2, -0.15) is 0 Å². The first kappa shape index (κ1) is 14.3. The molecule has 0 bridgehead atoms. The zero-order valence-electron chi connectivity index (χ0n) is 12.8. The summed E-state index contributed by atoms with van der Waals surface area (Å²) in [5.74, 6) is 1.46. The number of benzene rings is 3. The van der Waals surface area contributed by atoms with Crippen LogP contribution in [0, 0.1) is 0 Å². The van der Waals surface area contributed by atoms with E-state index in [0.29, 0.717) is 0 Å². The van der Waals surface area contributed by atoms with Gasteiger partial charge >= 0.3 is 0 Å². The Labute approximate surface area is 130 Å². The SMILES string of the molecule is COc1ccc(NCc2cccc3ccccc23)cc1OC. The van der Waals surface area contributed by atoms with Crippen molar-refractivity contribution in [2.45, 2.75) is 6.54 Å². The van der Waals surface area contributed by atoms with Crippen molar-refractivity contribution < 1.29 is 9.47 Å². The minimum atomic E-state index is 0.727. The molecule has 0 radical (unpaired) electrons. The Morgan fingerprint density at radius 1 is 0.818 bits per heavy atom. The standard InChI is InChI=1S/C19H19NO2/c1-21-18-11-10-16(12-19(18)22-2)20-13-15-8-5-7-14-6-3-4-9-17(14)15/h3-12,20H,13H2,1-2H3. The van der Waals surface area contributed by atoms with Crippen molar-refractivity contribution in [2.24, 2.45) is 0 Å². The average Bonchev–Trinajstić information content (AvgIpc) is 2.59. The predicted molar refractivity (Wildman–Crippen MR) is 90.8 cm³/mol. The van der Waals surface area contributed by atoms with Gasteiger partial charge in [0.25, 0.3) is 0 Å². The van der Waals surface area contributed by atoms with E-state index in [4.69, 9.17) is 9.47 Å². The lowest BCUT2D eigenvalue weighted by atomic mass is 10.0. The molecule has 0 heterocycles. The fourth-order valence-electron chi connectivity index (χ4n) is 2.59. The van der Waals surface area contributed by atoms with Crippen LogP contribution >= 0.6 is 0 Å². The van der Waals surface area contributed by atoms with Crippen LogP contribution in [0.25, 0.3) is 10.8 Å². The van der Waals surface area contributed by atoms with Gasteiger partial charge in [0.05, 0.1) is 14.2 Å². The summed E-state index contributed by atoms with van der Waals surface area (Å²) in [6.45, 7) is 0.761. The summed E-state index contributed by atoms with van der Waals surface area (Å²) in [6, 6.07) is 20.6. The van der Waals surface area contributed by atoms with E-state index in [-0.39, 0.29) is 0 Å². The summed E-state index contributed by atoms with van der Waals surface area (Å²) in [5, 5.41) is 5.98. The summed E-state index contributed by atoms with van der Waals surface area (Å²) in [6.07, 6.45) is 0. The Balaban J connectivity index is 1.82. The third-order valence-corrected chi connectivity index (χ3v) is 3.75. The molecule has 3 aromatic rings. The first-order valence-corrected chi connectivity index (χ1v) is 7.24. The molecule has 1 N–H and O–H groups in total. The molecule has 3 aromatic carbocycles. The van der Waals surface area contributed by atoms with Crippen molar-refractivity contribution in [1.29, 1.82) is 0 Å². The van der Waals surface area contributed by atoms with Crippen LogP contribution in [0.3, 0.4) is 0 Å². The van der Waals surface area contributed by atoms with Crippen molar-refractivity contribution in [2.75, 3.05) is 19.5 Å². The molecule has 0 aromatic heterocycles. The maximum absolute atomic E-state index is 5.33. The van der Waals surface area contributed by atoms with E-state index in [2.05, 4.69) is 47.8 Å². The van der Waals surface area contributed by atoms with Crippen LogP contribution in [-0.4, -0.2) is 14.2 Å². The Bertz CT molecular complexity index is 778. The maximum atomic E-state index is 5.33. The van der Waals surface area contributed by atoms with Gasteiger partial charge < -0.3 is 14.8 Å². The summed E-state index contributed by atoms with van der Waals surface area (Å²) in [4.78, 5) is 0. The van der Waals surface area contributed by atoms with Crippen LogP contribution in [0.15, 0.2) is 60.7 Å². The van der Waals surface area contributed by atoms with Crippen LogP contribution in [0.2, 0.25) is 0 Å². The molecule has 0 amide bonds. The van der Waals surface area contributed by atoms with Gasteiger partial charge in [0.15, 0.2) is 11.5 Å². The van der Waals surface area contributed by atoms with Gasteiger partial charge in [-0.05, 0) is 28.5 Å². The summed E-state index contributed by atoms with van der Waals surface area (Å²) in [7, 11) is 3.29. The number of methoxy groups -OCH3 is 2. The normalized spacial score (nSPS) is 10.5. The second-order valence-electron chi connectivity index (χ2n) is 5.06. The van der Waals surface area contributed by atoms with E-state index in [1.807, 2.05) is 18.2 Å². The van der Waals surface area contributed by atoms with Crippen molar-refractivity contribution in [3.8, 4) is 11.5 Å². The molecule has 0 saturated carbocycles. The predicted octanol–water partition coefficient (Wildman–Crippen LogP) is 4.47. The number of nitrogens with one attached hydrogen (secondary N) is 1. The zero-order valence-corrected chi connectivity index (χ0v) is 12.8. The van der Waals surface area contributed by atoms with Crippen molar-refractivity contribution >= 4 is 16.5 Å². The minimum Gasteiger partial charge on any atom is -0.493 e. The van der Waals surface area contributed by atoms with Crippen LogP contribution in [0.4, 0.5) is 5.69 Å². The first-order chi connectivity index (χ1) is 10.8. The molecule has 0 aliphatic rings. The highest BCUT2D eigenvalue weighted by Crippen LogP contribution is 2.30. The monoisotopic (exact) mass is 293 g/mol. The third-order valence-electron chi connectivity index (χ3n) is 3.75. The van der Waals surface area contributed by atoms with Crippen molar-refractivity contribution in [3.63, 3.8) is 0 Å². The summed E-state index contributed by atoms with van der Waals surface area (Å²) >= 11 is 0. The second-order valence-corrected chi connectivity index (χ2v) is 5.06. The van der Waals surface area contributed by atoms with Gasteiger partial charge in [-0.25, -0.2) is 0 Å². The van der Waals surface area contributed by atoms with E-state index < -0.39 is 0 Å². The van der Waals surface area contributed by atoms with Crippen LogP contribution in [-0.2, 0) is 6.54 Å². The fraction of sp³-hybridized carbons (Fsp3) is 0.158. The average molecular weight is 293 g/mol. The Kier molecular flexibility index (Phi) is 4.15. The number of anilines is 1. The first-order valence-electron chi connectivity index (χ1n) is 7.24. The molecule has 0 atom stereocenters. The van der Waals surface area contributed by atoms with Crippen molar-refractivity contribution in [1.82, 2.24) is 0 Å². The fourth-order valence-corrected chi connectivity index (χ4v) is 2.59. The molecule has 0 unspecified atom stereocenters. The number of rotatable bonds is 5.